The van der Waals surface area contributed by atoms with Gasteiger partial charge in [0.2, 0.25) is 0 Å². The molecule has 31 heavy (non-hydrogen) atoms. The second-order valence-electron chi connectivity index (χ2n) is 9.06. The minimum absolute atomic E-state index is 0.333. The van der Waals surface area contributed by atoms with Crippen LogP contribution in [-0.2, 0) is 12.8 Å². The van der Waals surface area contributed by atoms with Crippen molar-refractivity contribution in [2.45, 2.75) is 44.2 Å². The van der Waals surface area contributed by atoms with Crippen molar-refractivity contribution < 1.29 is 4.74 Å². The Morgan fingerprint density at radius 1 is 1.03 bits per heavy atom. The molecule has 0 aromatic heterocycles. The standard InChI is InChI=1S/C28H30ClNO/c1-19(21-9-6-10-23(29)16-21)30-18-27-25-14-12-24(31-2)17-22(25)11-13-26(27)28(30)15-20-7-4-3-5-8-20/h3-10,12,14,16-17,19,26-28H,11,13,15,18H2,1-2H3. The summed E-state index contributed by atoms with van der Waals surface area (Å²) in [4.78, 5) is 2.74. The summed E-state index contributed by atoms with van der Waals surface area (Å²) in [5.41, 5.74) is 5.73. The van der Waals surface area contributed by atoms with Crippen molar-refractivity contribution in [3.8, 4) is 5.75 Å². The number of hydrogen-bond donors (Lipinski definition) is 0. The number of benzene rings is 3. The monoisotopic (exact) mass is 431 g/mol. The van der Waals surface area contributed by atoms with E-state index in [9.17, 15) is 0 Å². The Labute approximate surface area is 190 Å². The van der Waals surface area contributed by atoms with E-state index in [1.807, 2.05) is 6.07 Å². The number of aryl methyl sites for hydroxylation is 1. The molecule has 3 aromatic carbocycles. The molecule has 4 atom stereocenters. The molecule has 3 aromatic rings. The highest BCUT2D eigenvalue weighted by Crippen LogP contribution is 2.48. The highest BCUT2D eigenvalue weighted by atomic mass is 35.5. The summed E-state index contributed by atoms with van der Waals surface area (Å²) >= 11 is 6.35. The maximum Gasteiger partial charge on any atom is 0.119 e. The predicted octanol–water partition coefficient (Wildman–Crippen LogP) is 6.68. The quantitative estimate of drug-likeness (QED) is 0.446. The smallest absolute Gasteiger partial charge is 0.119 e. The molecule has 1 fully saturated rings. The van der Waals surface area contributed by atoms with Crippen molar-refractivity contribution in [2.24, 2.45) is 5.92 Å². The van der Waals surface area contributed by atoms with E-state index in [0.717, 1.165) is 30.2 Å². The summed E-state index contributed by atoms with van der Waals surface area (Å²) in [5.74, 6) is 2.22. The average Bonchev–Trinajstić information content (AvgIpc) is 3.17. The van der Waals surface area contributed by atoms with Crippen LogP contribution in [0.4, 0.5) is 0 Å². The third-order valence-electron chi connectivity index (χ3n) is 7.46. The predicted molar refractivity (Wildman–Crippen MR) is 128 cm³/mol. The Kier molecular flexibility index (Phi) is 5.77. The van der Waals surface area contributed by atoms with Crippen molar-refractivity contribution in [2.75, 3.05) is 13.7 Å². The lowest BCUT2D eigenvalue weighted by Crippen LogP contribution is -2.37. The number of hydrogen-bond acceptors (Lipinski definition) is 2. The third-order valence-corrected chi connectivity index (χ3v) is 7.69. The van der Waals surface area contributed by atoms with E-state index in [0.29, 0.717) is 23.9 Å². The summed E-state index contributed by atoms with van der Waals surface area (Å²) in [6, 6.07) is 26.9. The van der Waals surface area contributed by atoms with Gasteiger partial charge in [-0.3, -0.25) is 4.90 Å². The Balaban J connectivity index is 1.50. The van der Waals surface area contributed by atoms with Crippen LogP contribution in [-0.4, -0.2) is 24.6 Å². The largest absolute Gasteiger partial charge is 0.497 e. The van der Waals surface area contributed by atoms with E-state index in [-0.39, 0.29) is 0 Å². The van der Waals surface area contributed by atoms with Gasteiger partial charge < -0.3 is 4.74 Å². The van der Waals surface area contributed by atoms with Gasteiger partial charge in [0, 0.05) is 29.6 Å². The molecule has 1 saturated heterocycles. The molecule has 5 rings (SSSR count). The maximum atomic E-state index is 6.35. The second-order valence-corrected chi connectivity index (χ2v) is 9.50. The lowest BCUT2D eigenvalue weighted by atomic mass is 9.73. The second kappa shape index (κ2) is 8.68. The third kappa shape index (κ3) is 4.00. The molecule has 0 radical (unpaired) electrons. The molecular formula is C28H30ClNO. The van der Waals surface area contributed by atoms with Crippen molar-refractivity contribution >= 4 is 11.6 Å². The van der Waals surface area contributed by atoms with E-state index in [1.54, 1.807) is 7.11 Å². The molecule has 0 N–H and O–H groups in total. The Hall–Kier alpha value is -2.29. The van der Waals surface area contributed by atoms with Gasteiger partial charge in [-0.1, -0.05) is 60.1 Å². The number of methoxy groups -OCH3 is 1. The van der Waals surface area contributed by atoms with Crippen LogP contribution in [0, 0.1) is 5.92 Å². The minimum Gasteiger partial charge on any atom is -0.497 e. The van der Waals surface area contributed by atoms with Crippen molar-refractivity contribution in [1.29, 1.82) is 0 Å². The molecule has 0 bridgehead atoms. The fourth-order valence-electron chi connectivity index (χ4n) is 5.87. The van der Waals surface area contributed by atoms with Crippen LogP contribution in [0.3, 0.4) is 0 Å². The number of likely N-dealkylation sites (tertiary alicyclic amines) is 1. The van der Waals surface area contributed by atoms with Gasteiger partial charge in [-0.15, -0.1) is 0 Å². The first-order valence-corrected chi connectivity index (χ1v) is 11.7. The summed E-state index contributed by atoms with van der Waals surface area (Å²) in [6.07, 6.45) is 3.47. The fourth-order valence-corrected chi connectivity index (χ4v) is 6.07. The lowest BCUT2D eigenvalue weighted by Gasteiger charge is -2.34. The molecule has 0 spiro atoms. The normalized spacial score (nSPS) is 23.8. The number of ether oxygens (including phenoxy) is 1. The van der Waals surface area contributed by atoms with E-state index in [2.05, 4.69) is 78.6 Å². The molecule has 4 unspecified atom stereocenters. The van der Waals surface area contributed by atoms with Gasteiger partial charge in [0.25, 0.3) is 0 Å². The first-order valence-electron chi connectivity index (χ1n) is 11.4. The molecular weight excluding hydrogens is 402 g/mol. The zero-order valence-electron chi connectivity index (χ0n) is 18.3. The van der Waals surface area contributed by atoms with Gasteiger partial charge >= 0.3 is 0 Å². The number of rotatable bonds is 5. The molecule has 0 saturated carbocycles. The SMILES string of the molecule is COc1ccc2c(c1)CCC1C2CN(C(C)c2cccc(Cl)c2)C1Cc1ccccc1. The molecule has 2 aliphatic rings. The van der Waals surface area contributed by atoms with Crippen LogP contribution in [0.5, 0.6) is 5.75 Å². The molecule has 0 amide bonds. The Bertz CT molecular complexity index is 1050. The van der Waals surface area contributed by atoms with Crippen LogP contribution >= 0.6 is 11.6 Å². The lowest BCUT2D eigenvalue weighted by molar-refractivity contribution is 0.167. The zero-order chi connectivity index (χ0) is 21.4. The topological polar surface area (TPSA) is 12.5 Å². The highest BCUT2D eigenvalue weighted by Gasteiger charge is 2.46. The van der Waals surface area contributed by atoms with Crippen LogP contribution in [0.15, 0.2) is 72.8 Å². The molecule has 1 heterocycles. The summed E-state index contributed by atoms with van der Waals surface area (Å²) < 4.78 is 5.50. The van der Waals surface area contributed by atoms with Gasteiger partial charge in [0.05, 0.1) is 7.11 Å². The highest BCUT2D eigenvalue weighted by molar-refractivity contribution is 6.30. The Morgan fingerprint density at radius 2 is 1.87 bits per heavy atom. The van der Waals surface area contributed by atoms with Crippen LogP contribution in [0.25, 0.3) is 0 Å². The number of halogens is 1. The van der Waals surface area contributed by atoms with E-state index in [1.165, 1.54) is 28.7 Å². The van der Waals surface area contributed by atoms with Crippen LogP contribution in [0.1, 0.15) is 47.6 Å². The molecule has 1 aliphatic carbocycles. The zero-order valence-corrected chi connectivity index (χ0v) is 19.1. The van der Waals surface area contributed by atoms with Gasteiger partial charge in [-0.25, -0.2) is 0 Å². The average molecular weight is 432 g/mol. The van der Waals surface area contributed by atoms with E-state index >= 15 is 0 Å². The van der Waals surface area contributed by atoms with Crippen LogP contribution < -0.4 is 4.74 Å². The van der Waals surface area contributed by atoms with Gasteiger partial charge in [0.15, 0.2) is 0 Å². The molecule has 2 nitrogen and oxygen atoms in total. The first-order chi connectivity index (χ1) is 15.1. The fraction of sp³-hybridized carbons (Fsp3) is 0.357. The van der Waals surface area contributed by atoms with Crippen LogP contribution in [0.2, 0.25) is 5.02 Å². The number of fused-ring (bicyclic) bond motifs is 3. The Morgan fingerprint density at radius 3 is 2.65 bits per heavy atom. The minimum atomic E-state index is 0.333. The van der Waals surface area contributed by atoms with E-state index in [4.69, 9.17) is 16.3 Å². The molecule has 1 aliphatic heterocycles. The summed E-state index contributed by atoms with van der Waals surface area (Å²) in [6.45, 7) is 3.44. The van der Waals surface area contributed by atoms with Crippen molar-refractivity contribution in [3.05, 3.63) is 100 Å². The van der Waals surface area contributed by atoms with Gasteiger partial charge in [-0.05, 0) is 78.6 Å². The van der Waals surface area contributed by atoms with Gasteiger partial charge in [-0.2, -0.15) is 0 Å². The van der Waals surface area contributed by atoms with Gasteiger partial charge in [0.1, 0.15) is 5.75 Å². The summed E-state index contributed by atoms with van der Waals surface area (Å²) in [7, 11) is 1.76. The maximum absolute atomic E-state index is 6.35. The number of nitrogens with zero attached hydrogens (tertiary/aromatic N) is 1. The van der Waals surface area contributed by atoms with Crippen molar-refractivity contribution in [1.82, 2.24) is 4.90 Å². The molecule has 3 heteroatoms. The van der Waals surface area contributed by atoms with Crippen molar-refractivity contribution in [3.63, 3.8) is 0 Å². The van der Waals surface area contributed by atoms with E-state index < -0.39 is 0 Å². The molecule has 160 valence electrons. The summed E-state index contributed by atoms with van der Waals surface area (Å²) in [5, 5.41) is 0.818. The first kappa shape index (κ1) is 20.6.